The van der Waals surface area contributed by atoms with Crippen LogP contribution in [0.5, 0.6) is 5.75 Å². The maximum Gasteiger partial charge on any atom is 0.248 e. The third-order valence-corrected chi connectivity index (χ3v) is 5.27. The minimum absolute atomic E-state index is 0.283. The van der Waals surface area contributed by atoms with E-state index in [9.17, 15) is 9.18 Å². The molecule has 2 aromatic heterocycles. The summed E-state index contributed by atoms with van der Waals surface area (Å²) in [7, 11) is 0. The Kier molecular flexibility index (Phi) is 5.22. The van der Waals surface area contributed by atoms with Crippen LogP contribution in [-0.2, 0) is 6.61 Å². The highest BCUT2D eigenvalue weighted by Crippen LogP contribution is 2.32. The topological polar surface area (TPSA) is 55.0 Å². The first-order valence-corrected chi connectivity index (χ1v) is 10.2. The lowest BCUT2D eigenvalue weighted by Gasteiger charge is -2.12. The number of hydrogen-bond donors (Lipinski definition) is 1. The summed E-state index contributed by atoms with van der Waals surface area (Å²) in [5.74, 6) is 0.305. The first kappa shape index (κ1) is 19.7. The zero-order chi connectivity index (χ0) is 21.9. The van der Waals surface area contributed by atoms with Gasteiger partial charge in [-0.1, -0.05) is 48.5 Å². The van der Waals surface area contributed by atoms with Crippen LogP contribution in [0.3, 0.4) is 0 Å². The zero-order valence-corrected chi connectivity index (χ0v) is 17.1. The highest BCUT2D eigenvalue weighted by molar-refractivity contribution is 5.81. The Morgan fingerprint density at radius 3 is 2.41 bits per heavy atom. The van der Waals surface area contributed by atoms with Crippen molar-refractivity contribution in [3.8, 4) is 28.1 Å². The first-order chi connectivity index (χ1) is 15.7. The Balaban J connectivity index is 1.39. The molecule has 32 heavy (non-hydrogen) atoms. The van der Waals surface area contributed by atoms with E-state index in [1.165, 1.54) is 12.1 Å². The van der Waals surface area contributed by atoms with E-state index in [4.69, 9.17) is 4.74 Å². The van der Waals surface area contributed by atoms with Crippen LogP contribution < -0.4 is 10.3 Å². The Morgan fingerprint density at radius 1 is 0.781 bits per heavy atom. The molecule has 0 amide bonds. The van der Waals surface area contributed by atoms with Crippen LogP contribution in [-0.4, -0.2) is 9.97 Å². The fourth-order valence-electron chi connectivity index (χ4n) is 3.67. The van der Waals surface area contributed by atoms with E-state index >= 15 is 0 Å². The number of nitrogens with one attached hydrogen (secondary N) is 1. The molecule has 3 aromatic carbocycles. The largest absolute Gasteiger partial charge is 0.487 e. The van der Waals surface area contributed by atoms with Crippen LogP contribution in [0, 0.1) is 5.82 Å². The summed E-state index contributed by atoms with van der Waals surface area (Å²) < 4.78 is 20.3. The predicted molar refractivity (Wildman–Crippen MR) is 124 cm³/mol. The quantitative estimate of drug-likeness (QED) is 0.379. The van der Waals surface area contributed by atoms with Gasteiger partial charge in [0.1, 0.15) is 18.2 Å². The minimum Gasteiger partial charge on any atom is -0.487 e. The lowest BCUT2D eigenvalue weighted by Crippen LogP contribution is -2.06. The number of aromatic nitrogens is 2. The van der Waals surface area contributed by atoms with E-state index in [2.05, 4.69) is 9.97 Å². The molecule has 1 N–H and O–H groups in total. The van der Waals surface area contributed by atoms with Crippen molar-refractivity contribution in [3.63, 3.8) is 0 Å². The Labute approximate surface area is 184 Å². The number of para-hydroxylation sites is 1. The van der Waals surface area contributed by atoms with Gasteiger partial charge in [-0.2, -0.15) is 0 Å². The molecule has 0 bridgehead atoms. The summed E-state index contributed by atoms with van der Waals surface area (Å²) in [5.41, 5.74) is 3.87. The normalized spacial score (nSPS) is 10.9. The van der Waals surface area contributed by atoms with Gasteiger partial charge in [-0.05, 0) is 48.0 Å². The van der Waals surface area contributed by atoms with Crippen LogP contribution in [0.25, 0.3) is 33.3 Å². The number of nitrogens with zero attached hydrogens (tertiary/aromatic N) is 1. The molecule has 0 fully saturated rings. The van der Waals surface area contributed by atoms with Crippen molar-refractivity contribution in [2.24, 2.45) is 0 Å². The number of hydrogen-bond acceptors (Lipinski definition) is 3. The number of halogens is 1. The van der Waals surface area contributed by atoms with Gasteiger partial charge in [0, 0.05) is 22.6 Å². The molecule has 5 rings (SSSR count). The number of benzene rings is 3. The average molecular weight is 422 g/mol. The summed E-state index contributed by atoms with van der Waals surface area (Å²) in [6.45, 7) is 0.351. The smallest absolute Gasteiger partial charge is 0.248 e. The molecule has 0 unspecified atom stereocenters. The van der Waals surface area contributed by atoms with Gasteiger partial charge < -0.3 is 9.72 Å². The van der Waals surface area contributed by atoms with Crippen LogP contribution >= 0.6 is 0 Å². The van der Waals surface area contributed by atoms with Crippen molar-refractivity contribution < 1.29 is 9.13 Å². The molecule has 0 aliphatic rings. The lowest BCUT2D eigenvalue weighted by atomic mass is 9.99. The molecule has 0 saturated carbocycles. The molecular formula is C27H19FN2O2. The van der Waals surface area contributed by atoms with E-state index < -0.39 is 5.82 Å². The van der Waals surface area contributed by atoms with Crippen molar-refractivity contribution in [1.29, 1.82) is 0 Å². The number of ether oxygens (including phenoxy) is 1. The molecular weight excluding hydrogens is 403 g/mol. The Morgan fingerprint density at radius 2 is 1.56 bits per heavy atom. The van der Waals surface area contributed by atoms with Gasteiger partial charge >= 0.3 is 0 Å². The van der Waals surface area contributed by atoms with E-state index in [0.29, 0.717) is 23.6 Å². The second kappa shape index (κ2) is 8.47. The molecule has 0 saturated heterocycles. The predicted octanol–water partition coefficient (Wildman–Crippen LogP) is 5.98. The van der Waals surface area contributed by atoms with E-state index in [1.54, 1.807) is 24.3 Å². The van der Waals surface area contributed by atoms with Crippen molar-refractivity contribution >= 4 is 10.9 Å². The molecule has 0 atom stereocenters. The zero-order valence-electron chi connectivity index (χ0n) is 17.1. The third kappa shape index (κ3) is 4.01. The number of H-pyrrole nitrogens is 1. The standard InChI is InChI=1S/C27H19FN2O2/c28-24-7-3-2-6-23(24)27-22(15-16-26(31)30-27)18-10-13-21(14-11-18)32-17-20-12-9-19-5-1-4-8-25(19)29-20/h1-16H,17H2,(H,30,31). The van der Waals surface area contributed by atoms with Crippen molar-refractivity contribution in [2.75, 3.05) is 0 Å². The van der Waals surface area contributed by atoms with Crippen molar-refractivity contribution in [1.82, 2.24) is 9.97 Å². The Bertz CT molecular complexity index is 1460. The first-order valence-electron chi connectivity index (χ1n) is 10.2. The van der Waals surface area contributed by atoms with Crippen LogP contribution in [0.15, 0.2) is 102 Å². The molecule has 2 heterocycles. The number of aromatic amines is 1. The molecule has 0 radical (unpaired) electrons. The monoisotopic (exact) mass is 422 g/mol. The maximum absolute atomic E-state index is 14.4. The molecule has 0 aliphatic heterocycles. The number of fused-ring (bicyclic) bond motifs is 1. The van der Waals surface area contributed by atoms with Gasteiger partial charge in [0.15, 0.2) is 0 Å². The highest BCUT2D eigenvalue weighted by atomic mass is 19.1. The molecule has 5 aromatic rings. The molecule has 4 nitrogen and oxygen atoms in total. The molecule has 0 spiro atoms. The van der Waals surface area contributed by atoms with Crippen molar-refractivity contribution in [2.45, 2.75) is 6.61 Å². The van der Waals surface area contributed by atoms with E-state index in [0.717, 1.165) is 27.7 Å². The third-order valence-electron chi connectivity index (χ3n) is 5.27. The van der Waals surface area contributed by atoms with E-state index in [-0.39, 0.29) is 5.56 Å². The van der Waals surface area contributed by atoms with E-state index in [1.807, 2.05) is 60.7 Å². The van der Waals surface area contributed by atoms with Gasteiger partial charge in [0.2, 0.25) is 5.56 Å². The summed E-state index contributed by atoms with van der Waals surface area (Å²) in [6.07, 6.45) is 0. The second-order valence-electron chi connectivity index (χ2n) is 7.40. The van der Waals surface area contributed by atoms with Gasteiger partial charge in [0.25, 0.3) is 0 Å². The van der Waals surface area contributed by atoms with Gasteiger partial charge in [0.05, 0.1) is 16.9 Å². The summed E-state index contributed by atoms with van der Waals surface area (Å²) >= 11 is 0. The highest BCUT2D eigenvalue weighted by Gasteiger charge is 2.12. The molecule has 5 heteroatoms. The molecule has 156 valence electrons. The minimum atomic E-state index is -0.390. The second-order valence-corrected chi connectivity index (χ2v) is 7.40. The summed E-state index contributed by atoms with van der Waals surface area (Å²) in [6, 6.07) is 29.0. The fourth-order valence-corrected chi connectivity index (χ4v) is 3.67. The SMILES string of the molecule is O=c1ccc(-c2ccc(OCc3ccc4ccccc4n3)cc2)c(-c2ccccc2F)[nH]1. The Hall–Kier alpha value is -4.25. The summed E-state index contributed by atoms with van der Waals surface area (Å²) in [4.78, 5) is 19.3. The van der Waals surface area contributed by atoms with Crippen molar-refractivity contribution in [3.05, 3.63) is 119 Å². The number of rotatable bonds is 5. The van der Waals surface area contributed by atoms with Crippen LogP contribution in [0.2, 0.25) is 0 Å². The lowest BCUT2D eigenvalue weighted by molar-refractivity contribution is 0.302. The molecule has 0 aliphatic carbocycles. The van der Waals surface area contributed by atoms with Gasteiger partial charge in [-0.3, -0.25) is 4.79 Å². The van der Waals surface area contributed by atoms with Crippen LogP contribution in [0.4, 0.5) is 4.39 Å². The van der Waals surface area contributed by atoms with Crippen LogP contribution in [0.1, 0.15) is 5.69 Å². The fraction of sp³-hybridized carbons (Fsp3) is 0.0370. The van der Waals surface area contributed by atoms with Gasteiger partial charge in [-0.25, -0.2) is 9.37 Å². The van der Waals surface area contributed by atoms with Gasteiger partial charge in [-0.15, -0.1) is 0 Å². The number of pyridine rings is 2. The maximum atomic E-state index is 14.4. The summed E-state index contributed by atoms with van der Waals surface area (Å²) in [5, 5.41) is 1.09. The average Bonchev–Trinajstić information content (AvgIpc) is 2.83.